The summed E-state index contributed by atoms with van der Waals surface area (Å²) in [6.07, 6.45) is 1.47. The number of fused-ring (bicyclic) bond motifs is 1. The normalized spacial score (nSPS) is 17.6. The number of rotatable bonds is 5. The Bertz CT molecular complexity index is 1450. The van der Waals surface area contributed by atoms with Crippen LogP contribution in [0.5, 0.6) is 5.75 Å². The number of carbonyl (C=O) groups is 2. The molecule has 1 amide bonds. The molecule has 34 heavy (non-hydrogen) atoms. The highest BCUT2D eigenvalue weighted by Crippen LogP contribution is 2.45. The Morgan fingerprint density at radius 3 is 2.74 bits per heavy atom. The Morgan fingerprint density at radius 2 is 2.00 bits per heavy atom. The molecule has 1 aliphatic heterocycles. The van der Waals surface area contributed by atoms with Crippen LogP contribution in [0.2, 0.25) is 0 Å². The highest BCUT2D eigenvalue weighted by atomic mass is 32.1. The Morgan fingerprint density at radius 1 is 1.18 bits per heavy atom. The minimum atomic E-state index is -0.951. The largest absolute Gasteiger partial charge is 0.507 e. The van der Waals surface area contributed by atoms with E-state index in [2.05, 4.69) is 0 Å². The topological polar surface area (TPSA) is 92.9 Å². The summed E-state index contributed by atoms with van der Waals surface area (Å²) in [5.41, 5.74) is 3.16. The molecule has 172 valence electrons. The number of aromatic nitrogens is 1. The van der Waals surface area contributed by atoms with Gasteiger partial charge in [0.1, 0.15) is 23.3 Å². The average molecular weight is 475 g/mol. The van der Waals surface area contributed by atoms with Gasteiger partial charge in [-0.15, -0.1) is 0 Å². The first kappa shape index (κ1) is 21.9. The predicted molar refractivity (Wildman–Crippen MR) is 130 cm³/mol. The molecule has 7 nitrogen and oxygen atoms in total. The summed E-state index contributed by atoms with van der Waals surface area (Å²) >= 11 is 1.32. The molecule has 4 aromatic rings. The average Bonchev–Trinajstić information content (AvgIpc) is 3.53. The molecule has 1 saturated heterocycles. The number of ketones is 1. The van der Waals surface area contributed by atoms with Crippen LogP contribution in [0.25, 0.3) is 16.0 Å². The lowest BCUT2D eigenvalue weighted by atomic mass is 9.99. The summed E-state index contributed by atoms with van der Waals surface area (Å²) in [7, 11) is 0. The number of Topliss-reactive ketones (excluding diaryl/α,β-unsaturated/α-hetero) is 1. The van der Waals surface area contributed by atoms with Crippen molar-refractivity contribution in [3.63, 3.8) is 0 Å². The number of benzene rings is 2. The lowest BCUT2D eigenvalue weighted by Gasteiger charge is -2.20. The Labute approximate surface area is 199 Å². The van der Waals surface area contributed by atoms with Crippen molar-refractivity contribution < 1.29 is 23.8 Å². The summed E-state index contributed by atoms with van der Waals surface area (Å²) in [6, 6.07) is 13.2. The number of amides is 1. The second-order valence-corrected chi connectivity index (χ2v) is 9.08. The van der Waals surface area contributed by atoms with Crippen LogP contribution in [0, 0.1) is 13.8 Å². The highest BCUT2D eigenvalue weighted by Gasteiger charge is 2.49. The third-order valence-electron chi connectivity index (χ3n) is 5.70. The molecule has 1 N–H and O–H groups in total. The number of carbonyl (C=O) groups excluding carboxylic acids is 2. The molecule has 2 aromatic carbocycles. The van der Waals surface area contributed by atoms with Gasteiger partial charge in [-0.05, 0) is 62.2 Å². The SMILES string of the molecule is CCOc1cccc(/C(O)=C2\C(=O)C(=O)N(c3nc4c(C)cc(C)cc4s3)C2c2ccco2)c1. The summed E-state index contributed by atoms with van der Waals surface area (Å²) in [6.45, 7) is 6.27. The van der Waals surface area contributed by atoms with Crippen molar-refractivity contribution in [1.82, 2.24) is 4.98 Å². The van der Waals surface area contributed by atoms with E-state index in [-0.39, 0.29) is 11.3 Å². The van der Waals surface area contributed by atoms with Crippen LogP contribution in [0.1, 0.15) is 35.4 Å². The number of aliphatic hydroxyl groups is 1. The summed E-state index contributed by atoms with van der Waals surface area (Å²) in [5, 5.41) is 11.6. The summed E-state index contributed by atoms with van der Waals surface area (Å²) < 4.78 is 12.1. The van der Waals surface area contributed by atoms with E-state index in [1.54, 1.807) is 36.4 Å². The van der Waals surface area contributed by atoms with Gasteiger partial charge in [0.05, 0.1) is 28.7 Å². The van der Waals surface area contributed by atoms with Crippen molar-refractivity contribution in [1.29, 1.82) is 0 Å². The molecule has 2 aromatic heterocycles. The van der Waals surface area contributed by atoms with Crippen LogP contribution >= 0.6 is 11.3 Å². The standard InChI is InChI=1S/C26H22N2O5S/c1-4-32-17-8-5-7-16(13-17)23(29)20-22(18-9-6-10-33-18)28(25(31)24(20)30)26-27-21-15(3)11-14(2)12-19(21)34-26/h5-13,22,29H,4H2,1-3H3/b23-20+. The van der Waals surface area contributed by atoms with Crippen molar-refractivity contribution in [2.45, 2.75) is 26.8 Å². The van der Waals surface area contributed by atoms with Gasteiger partial charge >= 0.3 is 5.91 Å². The fourth-order valence-corrected chi connectivity index (χ4v) is 5.43. The zero-order valence-corrected chi connectivity index (χ0v) is 19.7. The van der Waals surface area contributed by atoms with Crippen LogP contribution in [0.4, 0.5) is 5.13 Å². The van der Waals surface area contributed by atoms with Gasteiger partial charge in [0.25, 0.3) is 5.78 Å². The molecule has 0 bridgehead atoms. The van der Waals surface area contributed by atoms with Gasteiger partial charge < -0.3 is 14.3 Å². The number of hydrogen-bond acceptors (Lipinski definition) is 7. The van der Waals surface area contributed by atoms with Crippen LogP contribution in [-0.4, -0.2) is 28.4 Å². The van der Waals surface area contributed by atoms with Crippen LogP contribution in [-0.2, 0) is 9.59 Å². The second kappa shape index (κ2) is 8.46. The highest BCUT2D eigenvalue weighted by molar-refractivity contribution is 7.22. The van der Waals surface area contributed by atoms with E-state index in [0.29, 0.717) is 28.8 Å². The van der Waals surface area contributed by atoms with Crippen molar-refractivity contribution in [3.8, 4) is 5.75 Å². The number of aliphatic hydroxyl groups excluding tert-OH is 1. The second-order valence-electron chi connectivity index (χ2n) is 8.07. The van der Waals surface area contributed by atoms with Crippen LogP contribution in [0.3, 0.4) is 0 Å². The van der Waals surface area contributed by atoms with Gasteiger partial charge in [0.15, 0.2) is 5.13 Å². The van der Waals surface area contributed by atoms with E-state index in [9.17, 15) is 14.7 Å². The lowest BCUT2D eigenvalue weighted by molar-refractivity contribution is -0.132. The predicted octanol–water partition coefficient (Wildman–Crippen LogP) is 5.53. The molecule has 0 aliphatic carbocycles. The number of ether oxygens (including phenoxy) is 1. The van der Waals surface area contributed by atoms with Gasteiger partial charge in [-0.2, -0.15) is 0 Å². The molecule has 1 atom stereocenters. The van der Waals surface area contributed by atoms with E-state index < -0.39 is 17.7 Å². The van der Waals surface area contributed by atoms with Crippen molar-refractivity contribution >= 4 is 44.1 Å². The van der Waals surface area contributed by atoms with Crippen molar-refractivity contribution in [2.75, 3.05) is 11.5 Å². The van der Waals surface area contributed by atoms with Crippen molar-refractivity contribution in [2.24, 2.45) is 0 Å². The van der Waals surface area contributed by atoms with Gasteiger partial charge in [0, 0.05) is 5.56 Å². The number of thiazole rings is 1. The first-order valence-electron chi connectivity index (χ1n) is 10.8. The van der Waals surface area contributed by atoms with Gasteiger partial charge in [0.2, 0.25) is 0 Å². The minimum Gasteiger partial charge on any atom is -0.507 e. The fraction of sp³-hybridized carbons (Fsp3) is 0.192. The minimum absolute atomic E-state index is 0.0549. The van der Waals surface area contributed by atoms with Crippen LogP contribution < -0.4 is 9.64 Å². The van der Waals surface area contributed by atoms with Crippen LogP contribution in [0.15, 0.2) is 64.8 Å². The van der Waals surface area contributed by atoms with E-state index in [4.69, 9.17) is 14.1 Å². The van der Waals surface area contributed by atoms with E-state index >= 15 is 0 Å². The molecule has 1 unspecified atom stereocenters. The molecule has 0 spiro atoms. The molecule has 3 heterocycles. The number of furan rings is 1. The van der Waals surface area contributed by atoms with Crippen molar-refractivity contribution in [3.05, 3.63) is 82.8 Å². The zero-order chi connectivity index (χ0) is 24.0. The van der Waals surface area contributed by atoms with Gasteiger partial charge in [-0.3, -0.25) is 14.5 Å². The molecular formula is C26H22N2O5S. The maximum atomic E-state index is 13.3. The first-order valence-corrected chi connectivity index (χ1v) is 11.7. The monoisotopic (exact) mass is 474 g/mol. The first-order chi connectivity index (χ1) is 16.4. The van der Waals surface area contributed by atoms with E-state index in [0.717, 1.165) is 21.3 Å². The number of hydrogen-bond donors (Lipinski definition) is 1. The molecule has 5 rings (SSSR count). The molecule has 1 aliphatic rings. The summed E-state index contributed by atoms with van der Waals surface area (Å²) in [4.78, 5) is 32.5. The fourth-order valence-electron chi connectivity index (χ4n) is 4.26. The third kappa shape index (κ3) is 3.56. The number of aryl methyl sites for hydroxylation is 2. The maximum Gasteiger partial charge on any atom is 0.302 e. The molecule has 0 saturated carbocycles. The third-order valence-corrected chi connectivity index (χ3v) is 6.70. The smallest absolute Gasteiger partial charge is 0.302 e. The molecule has 0 radical (unpaired) electrons. The summed E-state index contributed by atoms with van der Waals surface area (Å²) in [5.74, 6) is -0.955. The lowest BCUT2D eigenvalue weighted by Crippen LogP contribution is -2.29. The quantitative estimate of drug-likeness (QED) is 0.232. The maximum absolute atomic E-state index is 13.3. The van der Waals surface area contributed by atoms with E-state index in [1.807, 2.05) is 32.9 Å². The number of anilines is 1. The zero-order valence-electron chi connectivity index (χ0n) is 18.9. The Balaban J connectivity index is 1.69. The van der Waals surface area contributed by atoms with Gasteiger partial charge in [-0.1, -0.05) is 29.5 Å². The Hall–Kier alpha value is -3.91. The number of nitrogens with zero attached hydrogens (tertiary/aromatic N) is 2. The van der Waals surface area contributed by atoms with Gasteiger partial charge in [-0.25, -0.2) is 4.98 Å². The Kier molecular flexibility index (Phi) is 5.45. The molecular weight excluding hydrogens is 452 g/mol. The molecule has 1 fully saturated rings. The van der Waals surface area contributed by atoms with E-state index in [1.165, 1.54) is 22.5 Å². The molecule has 8 heteroatoms.